The zero-order valence-corrected chi connectivity index (χ0v) is 55.9. The zero-order valence-electron chi connectivity index (χ0n) is 55.9. The van der Waals surface area contributed by atoms with Gasteiger partial charge in [0.05, 0.1) is 31.9 Å². The fraction of sp³-hybridized carbons (Fsp3) is 0.500. The molecule has 0 radical (unpaired) electrons. The summed E-state index contributed by atoms with van der Waals surface area (Å²) in [5.74, 6) is 0.994. The minimum absolute atomic E-state index is 0.00428. The number of aryl methyl sites for hydroxylation is 2. The molecule has 4 fully saturated rings. The number of piperidine rings is 4. The number of anilines is 1. The molecular weight excluding hydrogens is 1230 g/mol. The summed E-state index contributed by atoms with van der Waals surface area (Å²) in [4.78, 5) is 63.3. The van der Waals surface area contributed by atoms with Gasteiger partial charge in [0.25, 0.3) is 11.1 Å². The number of nitrogen functional groups attached to an aromatic ring is 1. The largest absolute Gasteiger partial charge is 0.505 e. The number of phenols is 1. The van der Waals surface area contributed by atoms with E-state index < -0.39 is 17.0 Å². The van der Waals surface area contributed by atoms with Gasteiger partial charge in [-0.3, -0.25) is 14.4 Å². The lowest BCUT2D eigenvalue weighted by molar-refractivity contribution is -0.132. The van der Waals surface area contributed by atoms with E-state index in [0.717, 1.165) is 64.5 Å². The van der Waals surface area contributed by atoms with Gasteiger partial charge in [0.1, 0.15) is 17.0 Å². The number of amides is 3. The van der Waals surface area contributed by atoms with E-state index in [1.165, 1.54) is 64.0 Å². The van der Waals surface area contributed by atoms with Crippen molar-refractivity contribution in [3.63, 3.8) is 0 Å². The lowest BCUT2D eigenvalue weighted by atomic mass is 9.97. The molecule has 4 saturated heterocycles. The number of para-hydroxylation sites is 4. The van der Waals surface area contributed by atoms with E-state index in [4.69, 9.17) is 39.6 Å². The summed E-state index contributed by atoms with van der Waals surface area (Å²) in [5.41, 5.74) is 4.60. The highest BCUT2D eigenvalue weighted by atomic mass is 19.1. The number of carbonyl (C=O) groups is 3. The molecule has 520 valence electrons. The van der Waals surface area contributed by atoms with E-state index in [9.17, 15) is 41.5 Å². The van der Waals surface area contributed by atoms with Gasteiger partial charge in [-0.2, -0.15) is 10.2 Å². The van der Waals surface area contributed by atoms with Gasteiger partial charge >= 0.3 is 12.2 Å². The fourth-order valence-corrected chi connectivity index (χ4v) is 9.82. The van der Waals surface area contributed by atoms with E-state index in [1.54, 1.807) is 90.6 Å². The molecule has 4 aliphatic rings. The van der Waals surface area contributed by atoms with Crippen LogP contribution in [-0.2, 0) is 34.8 Å². The van der Waals surface area contributed by atoms with Gasteiger partial charge in [0.15, 0.2) is 46.3 Å². The Kier molecular flexibility index (Phi) is 31.8. The van der Waals surface area contributed by atoms with Crippen molar-refractivity contribution in [2.75, 3.05) is 84.5 Å². The lowest BCUT2D eigenvalue weighted by Gasteiger charge is -2.33. The second kappa shape index (κ2) is 39.2. The zero-order chi connectivity index (χ0) is 69.5. The molecular formula is C70H95F4N9O12. The Bertz CT molecular complexity index is 3390. The van der Waals surface area contributed by atoms with E-state index in [0.29, 0.717) is 100 Å². The van der Waals surface area contributed by atoms with Crippen LogP contribution in [0.5, 0.6) is 23.0 Å². The first kappa shape index (κ1) is 77.0. The normalized spacial score (nSPS) is 15.4. The number of aliphatic hydroxyl groups is 1. The number of nitrogens with zero attached hydrogens (tertiary/aromatic N) is 7. The smallest absolute Gasteiger partial charge is 0.410 e. The molecule has 0 unspecified atom stereocenters. The van der Waals surface area contributed by atoms with Crippen LogP contribution < -0.4 is 36.4 Å². The van der Waals surface area contributed by atoms with Gasteiger partial charge in [-0.1, -0.05) is 48.5 Å². The summed E-state index contributed by atoms with van der Waals surface area (Å²) in [7, 11) is 3.12. The third-order valence-corrected chi connectivity index (χ3v) is 15.3. The second-order valence-electron chi connectivity index (χ2n) is 25.4. The molecule has 2 aromatic heterocycles. The number of nitrogens with one attached hydrogen (secondary N) is 1. The van der Waals surface area contributed by atoms with Crippen LogP contribution in [-0.4, -0.2) is 153 Å². The number of rotatable bonds is 12. The van der Waals surface area contributed by atoms with Gasteiger partial charge in [-0.25, -0.2) is 36.5 Å². The van der Waals surface area contributed by atoms with E-state index >= 15 is 0 Å². The molecule has 21 nitrogen and oxygen atoms in total. The van der Waals surface area contributed by atoms with Crippen molar-refractivity contribution in [2.45, 2.75) is 111 Å². The highest BCUT2D eigenvalue weighted by molar-refractivity contribution is 5.78. The molecule has 0 saturated carbocycles. The summed E-state index contributed by atoms with van der Waals surface area (Å²) < 4.78 is 82.0. The van der Waals surface area contributed by atoms with Gasteiger partial charge in [-0.15, -0.1) is 0 Å². The molecule has 6 heterocycles. The van der Waals surface area contributed by atoms with Crippen LogP contribution in [0.3, 0.4) is 0 Å². The standard InChI is InChI=1S/C19H22FN3O3.C17H24FNO3.C12H16FNO.C11H21NO3.C6H5FO.C5H7N3O/c1-22-18(24)7-6-15(21-22)12-19(25)23-10-8-14(9-11-23)13-26-17-5-3-2-4-16(17)20;1-17(2,3)22-16(20)19-10-8-13(9-11-19)12-21-15-7-5-4-6-14(15)18;13-11-3-1-2-4-12(11)15-9-10-5-7-14-8-6-10;1-11(2,3)15-10(14)12-6-4-9(8-13)5-7-12;7-5-3-1-2-4-6(5)8;1-8-5(9)3-2-4(6)7-8/h2-7,14H,8-13H2,1H3;4-7,13H,8-12H2,1-3H3;1-4,10,14H,5-9H2;9,13H,4-8H2,1-3H3;1-4,8H;2-3H,1H3,(H2,6,7). The van der Waals surface area contributed by atoms with E-state index in [1.807, 2.05) is 46.4 Å². The number of aromatic hydroxyl groups is 1. The van der Waals surface area contributed by atoms with Crippen molar-refractivity contribution in [2.24, 2.45) is 37.8 Å². The number of aromatic nitrogens is 4. The number of ether oxygens (including phenoxy) is 5. The first-order valence-corrected chi connectivity index (χ1v) is 32.1. The van der Waals surface area contributed by atoms with Gasteiger partial charge in [0.2, 0.25) is 5.91 Å². The summed E-state index contributed by atoms with van der Waals surface area (Å²) in [6, 6.07) is 30.8. The SMILES string of the molecule is CC(C)(C)OC(=O)N1CCC(CO)CC1.CC(C)(C)OC(=O)N1CCC(COc2ccccc2F)CC1.Cn1nc(CC(=O)N2CCC(COc3ccccc3F)CC2)ccc1=O.Cn1nc(N)ccc1=O.Fc1ccccc1OCC1CCNCC1.Oc1ccccc1F. The quantitative estimate of drug-likeness (QED) is 0.0831. The third kappa shape index (κ3) is 29.2. The summed E-state index contributed by atoms with van der Waals surface area (Å²) in [5, 5.41) is 28.6. The first-order chi connectivity index (χ1) is 45.2. The lowest BCUT2D eigenvalue weighted by Crippen LogP contribution is -2.42. The fourth-order valence-electron chi connectivity index (χ4n) is 9.82. The maximum Gasteiger partial charge on any atom is 0.410 e. The minimum Gasteiger partial charge on any atom is -0.505 e. The Labute approximate surface area is 554 Å². The number of aliphatic hydroxyl groups excluding tert-OH is 1. The van der Waals surface area contributed by atoms with Crippen LogP contribution in [0.1, 0.15) is 98.6 Å². The van der Waals surface area contributed by atoms with Crippen LogP contribution >= 0.6 is 0 Å². The predicted molar refractivity (Wildman–Crippen MR) is 354 cm³/mol. The number of benzene rings is 4. The van der Waals surface area contributed by atoms with Crippen molar-refractivity contribution >= 4 is 23.9 Å². The Morgan fingerprint density at radius 3 is 1.21 bits per heavy atom. The number of nitrogens with two attached hydrogens (primary N) is 1. The maximum absolute atomic E-state index is 13.6. The number of carbonyl (C=O) groups excluding carboxylic acids is 3. The monoisotopic (exact) mass is 1330 g/mol. The Hall–Kier alpha value is -8.71. The Balaban J connectivity index is 0.000000215. The molecule has 3 amide bonds. The highest BCUT2D eigenvalue weighted by Gasteiger charge is 2.29. The summed E-state index contributed by atoms with van der Waals surface area (Å²) in [6.45, 7) is 19.0. The Morgan fingerprint density at radius 1 is 0.505 bits per heavy atom. The van der Waals surface area contributed by atoms with Crippen LogP contribution in [0.15, 0.2) is 131 Å². The van der Waals surface area contributed by atoms with Crippen LogP contribution in [0.2, 0.25) is 0 Å². The Morgan fingerprint density at radius 2 is 0.863 bits per heavy atom. The first-order valence-electron chi connectivity index (χ1n) is 32.1. The highest BCUT2D eigenvalue weighted by Crippen LogP contribution is 2.26. The molecule has 10 rings (SSSR count). The molecule has 6 aromatic rings. The molecule has 5 N–H and O–H groups in total. The number of halogens is 4. The molecule has 25 heteroatoms. The van der Waals surface area contributed by atoms with Gasteiger partial charge in [-0.05, 0) is 190 Å². The summed E-state index contributed by atoms with van der Waals surface area (Å²) >= 11 is 0. The summed E-state index contributed by atoms with van der Waals surface area (Å²) in [6.07, 6.45) is 6.99. The van der Waals surface area contributed by atoms with Crippen LogP contribution in [0.4, 0.5) is 33.0 Å². The molecule has 0 aliphatic carbocycles. The maximum atomic E-state index is 13.6. The van der Waals surface area contributed by atoms with Crippen molar-refractivity contribution in [3.8, 4) is 23.0 Å². The number of phenolic OH excluding ortho intramolecular Hbond substituents is 1. The molecule has 0 bridgehead atoms. The number of hydrogen-bond acceptors (Lipinski definition) is 16. The molecule has 95 heavy (non-hydrogen) atoms. The van der Waals surface area contributed by atoms with Crippen LogP contribution in [0.25, 0.3) is 0 Å². The van der Waals surface area contributed by atoms with E-state index in [-0.39, 0.29) is 76.9 Å². The average Bonchev–Trinajstić information content (AvgIpc) is 1.08. The van der Waals surface area contributed by atoms with Crippen molar-refractivity contribution in [1.29, 1.82) is 0 Å². The van der Waals surface area contributed by atoms with Gasteiger partial charge in [0, 0.05) is 72.1 Å². The molecule has 0 atom stereocenters. The predicted octanol–water partition coefficient (Wildman–Crippen LogP) is 10.4. The van der Waals surface area contributed by atoms with Crippen molar-refractivity contribution in [3.05, 3.63) is 171 Å². The number of likely N-dealkylation sites (tertiary alicyclic amines) is 3. The van der Waals surface area contributed by atoms with Crippen LogP contribution in [0, 0.1) is 46.9 Å². The topological polar surface area (TPSA) is 255 Å². The molecule has 0 spiro atoms. The molecule has 4 aliphatic heterocycles. The van der Waals surface area contributed by atoms with Gasteiger partial charge < -0.3 is 59.6 Å². The number of hydrogen-bond donors (Lipinski definition) is 4. The average molecular weight is 1330 g/mol. The van der Waals surface area contributed by atoms with E-state index in [2.05, 4.69) is 15.5 Å². The third-order valence-electron chi connectivity index (χ3n) is 15.3. The molecule has 4 aromatic carbocycles. The van der Waals surface area contributed by atoms with Crippen molar-refractivity contribution < 1.29 is 65.8 Å². The second-order valence-corrected chi connectivity index (χ2v) is 25.4. The minimum atomic E-state index is -0.576. The van der Waals surface area contributed by atoms with Crippen molar-refractivity contribution in [1.82, 2.24) is 39.6 Å².